The molecular formula is C11H24N2O6P+. The topological polar surface area (TPSA) is 94.1 Å². The summed E-state index contributed by atoms with van der Waals surface area (Å²) in [6.45, 7) is 6.96. The van der Waals surface area contributed by atoms with Crippen LogP contribution in [0.15, 0.2) is 12.2 Å². The fourth-order valence-corrected chi connectivity index (χ4v) is 1.50. The minimum Gasteiger partial charge on any atom is -0.329 e. The number of hydrogen-bond acceptors (Lipinski definition) is 5. The van der Waals surface area contributed by atoms with Crippen molar-refractivity contribution in [2.75, 3.05) is 34.3 Å². The van der Waals surface area contributed by atoms with Gasteiger partial charge in [0.05, 0.1) is 21.1 Å². The second-order valence-electron chi connectivity index (χ2n) is 5.38. The highest BCUT2D eigenvalue weighted by molar-refractivity contribution is 7.47. The van der Waals surface area contributed by atoms with Crippen LogP contribution in [0.4, 0.5) is 0 Å². The first-order chi connectivity index (χ1) is 8.93. The highest BCUT2D eigenvalue weighted by Crippen LogP contribution is 2.43. The van der Waals surface area contributed by atoms with Crippen LogP contribution in [0.3, 0.4) is 0 Å². The van der Waals surface area contributed by atoms with Gasteiger partial charge in [-0.05, 0) is 13.8 Å². The molecule has 0 spiro atoms. The molecule has 118 valence electrons. The van der Waals surface area contributed by atoms with Gasteiger partial charge in [0.15, 0.2) is 6.23 Å². The summed E-state index contributed by atoms with van der Waals surface area (Å²) in [6, 6.07) is 0. The molecule has 0 fully saturated rings. The maximum Gasteiger partial charge on any atom is 0.499 e. The Bertz CT molecular complexity index is 393. The molecule has 8 nitrogen and oxygen atoms in total. The Hall–Kier alpha value is -0.760. The van der Waals surface area contributed by atoms with Crippen LogP contribution < -0.4 is 5.32 Å². The molecule has 20 heavy (non-hydrogen) atoms. The molecule has 9 heteroatoms. The van der Waals surface area contributed by atoms with Gasteiger partial charge in [-0.1, -0.05) is 6.58 Å². The Morgan fingerprint density at radius 2 is 2.00 bits per heavy atom. The second kappa shape index (κ2) is 7.87. The van der Waals surface area contributed by atoms with E-state index in [9.17, 15) is 14.3 Å². The first-order valence-corrected chi connectivity index (χ1v) is 7.52. The van der Waals surface area contributed by atoms with E-state index >= 15 is 0 Å². The molecule has 0 aromatic rings. The molecule has 0 aromatic heterocycles. The van der Waals surface area contributed by atoms with E-state index in [-0.39, 0.29) is 12.2 Å². The summed E-state index contributed by atoms with van der Waals surface area (Å²) >= 11 is 0. The van der Waals surface area contributed by atoms with Gasteiger partial charge in [-0.15, -0.1) is 4.67 Å². The van der Waals surface area contributed by atoms with E-state index in [0.29, 0.717) is 11.0 Å². The number of amides is 1. The van der Waals surface area contributed by atoms with E-state index in [2.05, 4.69) is 21.5 Å². The van der Waals surface area contributed by atoms with Crippen molar-refractivity contribution in [1.29, 1.82) is 0 Å². The maximum absolute atomic E-state index is 11.5. The van der Waals surface area contributed by atoms with E-state index in [1.165, 1.54) is 13.8 Å². The molecule has 0 heterocycles. The van der Waals surface area contributed by atoms with Crippen molar-refractivity contribution in [3.05, 3.63) is 12.2 Å². The Kier molecular flexibility index (Phi) is 7.57. The number of carbonyl (C=O) groups is 1. The summed E-state index contributed by atoms with van der Waals surface area (Å²) in [5.41, 5.74) is 0.284. The van der Waals surface area contributed by atoms with Crippen LogP contribution in [0.25, 0.3) is 0 Å². The van der Waals surface area contributed by atoms with Gasteiger partial charge in [0, 0.05) is 5.57 Å². The monoisotopic (exact) mass is 311 g/mol. The van der Waals surface area contributed by atoms with E-state index in [0.717, 1.165) is 0 Å². The molecule has 0 rings (SSSR count). The molecule has 0 saturated heterocycles. The summed E-state index contributed by atoms with van der Waals surface area (Å²) in [7, 11) is 1.44. The number of rotatable bonds is 9. The molecule has 2 N–H and O–H groups in total. The quantitative estimate of drug-likeness (QED) is 0.163. The van der Waals surface area contributed by atoms with Gasteiger partial charge in [-0.25, -0.2) is 9.45 Å². The number of phosphoric acid groups is 1. The van der Waals surface area contributed by atoms with Gasteiger partial charge >= 0.3 is 7.82 Å². The minimum atomic E-state index is -4.31. The lowest BCUT2D eigenvalue weighted by atomic mass is 10.3. The number of hydrogen-bond donors (Lipinski definition) is 2. The van der Waals surface area contributed by atoms with Gasteiger partial charge in [0.2, 0.25) is 5.91 Å². The maximum atomic E-state index is 11.5. The molecule has 1 amide bonds. The van der Waals surface area contributed by atoms with Gasteiger partial charge in [-0.2, -0.15) is 0 Å². The highest BCUT2D eigenvalue weighted by Gasteiger charge is 2.25. The molecule has 0 radical (unpaired) electrons. The number of quaternary nitrogens is 1. The van der Waals surface area contributed by atoms with Crippen LogP contribution in [0.1, 0.15) is 13.8 Å². The highest BCUT2D eigenvalue weighted by atomic mass is 31.2. The molecule has 2 atom stereocenters. The largest absolute Gasteiger partial charge is 0.499 e. The van der Waals surface area contributed by atoms with Crippen LogP contribution >= 0.6 is 7.82 Å². The van der Waals surface area contributed by atoms with Gasteiger partial charge in [0.25, 0.3) is 0 Å². The second-order valence-corrected chi connectivity index (χ2v) is 6.73. The molecule has 0 bridgehead atoms. The molecular weight excluding hydrogens is 287 g/mol. The van der Waals surface area contributed by atoms with Gasteiger partial charge in [-0.3, -0.25) is 9.32 Å². The summed E-state index contributed by atoms with van der Waals surface area (Å²) in [6.07, 6.45) is -0.915. The lowest BCUT2D eigenvalue weighted by molar-refractivity contribution is -0.870. The van der Waals surface area contributed by atoms with Crippen molar-refractivity contribution in [3.8, 4) is 0 Å². The minimum absolute atomic E-state index is 0.0349. The third-order valence-electron chi connectivity index (χ3n) is 2.02. The zero-order valence-electron chi connectivity index (χ0n) is 12.6. The number of phosphoric ester groups is 1. The van der Waals surface area contributed by atoms with Crippen molar-refractivity contribution in [1.82, 2.24) is 5.32 Å². The van der Waals surface area contributed by atoms with E-state index in [1.54, 1.807) is 0 Å². The molecule has 0 aliphatic heterocycles. The van der Waals surface area contributed by atoms with Gasteiger partial charge in [0.1, 0.15) is 13.2 Å². The summed E-state index contributed by atoms with van der Waals surface area (Å²) < 4.78 is 21.1. The van der Waals surface area contributed by atoms with Crippen molar-refractivity contribution in [2.24, 2.45) is 0 Å². The van der Waals surface area contributed by atoms with Crippen molar-refractivity contribution in [3.63, 3.8) is 0 Å². The predicted octanol–water partition coefficient (Wildman–Crippen LogP) is 0.796. The molecule has 0 aromatic carbocycles. The number of nitrogens with zero attached hydrogens (tertiary/aromatic N) is 1. The standard InChI is InChI=1S/C11H23N2O6P/c1-9(2)11(14)12-10(3)18-19-20(15,16)17-8-7-13(4,5)6/h10H,1,7-8H2,2-6H3,(H-,12,14,15,16)/p+1. The lowest BCUT2D eigenvalue weighted by Gasteiger charge is -2.24. The Labute approximate surface area is 119 Å². The fourth-order valence-electron chi connectivity index (χ4n) is 0.902. The smallest absolute Gasteiger partial charge is 0.329 e. The van der Waals surface area contributed by atoms with E-state index in [1.807, 2.05) is 21.1 Å². The summed E-state index contributed by atoms with van der Waals surface area (Å²) in [4.78, 5) is 25.2. The van der Waals surface area contributed by atoms with Crippen LogP contribution in [-0.2, 0) is 23.4 Å². The molecule has 0 aliphatic carbocycles. The first-order valence-electron chi connectivity index (χ1n) is 6.02. The van der Waals surface area contributed by atoms with Crippen LogP contribution in [0, 0.1) is 0 Å². The zero-order chi connectivity index (χ0) is 16.0. The Morgan fingerprint density at radius 1 is 1.45 bits per heavy atom. The van der Waals surface area contributed by atoms with Crippen molar-refractivity contribution >= 4 is 13.7 Å². The zero-order valence-corrected chi connectivity index (χ0v) is 13.5. The fraction of sp³-hybridized carbons (Fsp3) is 0.727. The van der Waals surface area contributed by atoms with Crippen molar-refractivity contribution in [2.45, 2.75) is 20.1 Å². The number of likely N-dealkylation sites (N-methyl/N-ethyl adjacent to an activating group) is 1. The molecule has 0 aliphatic rings. The van der Waals surface area contributed by atoms with Gasteiger partial charge < -0.3 is 14.7 Å². The van der Waals surface area contributed by atoms with Crippen LogP contribution in [0.2, 0.25) is 0 Å². The first kappa shape index (κ1) is 19.2. The van der Waals surface area contributed by atoms with Crippen molar-refractivity contribution < 1.29 is 32.8 Å². The van der Waals surface area contributed by atoms with E-state index in [4.69, 9.17) is 4.52 Å². The average Bonchev–Trinajstić information content (AvgIpc) is 2.24. The summed E-state index contributed by atoms with van der Waals surface area (Å²) in [5, 5.41) is 2.36. The lowest BCUT2D eigenvalue weighted by Crippen LogP contribution is -2.37. The van der Waals surface area contributed by atoms with E-state index < -0.39 is 20.0 Å². The third kappa shape index (κ3) is 10.1. The number of nitrogens with one attached hydrogen (secondary N) is 1. The number of carbonyl (C=O) groups excluding carboxylic acids is 1. The Balaban J connectivity index is 4.06. The Morgan fingerprint density at radius 3 is 2.45 bits per heavy atom. The normalized spacial score (nSPS) is 16.3. The third-order valence-corrected chi connectivity index (χ3v) is 2.80. The van der Waals surface area contributed by atoms with Crippen LogP contribution in [-0.4, -0.2) is 55.8 Å². The summed E-state index contributed by atoms with van der Waals surface area (Å²) in [5.74, 6) is -0.445. The predicted molar refractivity (Wildman–Crippen MR) is 73.3 cm³/mol. The molecule has 2 unspecified atom stereocenters. The van der Waals surface area contributed by atoms with Crippen LogP contribution in [0.5, 0.6) is 0 Å². The molecule has 0 saturated carbocycles. The average molecular weight is 311 g/mol. The SMILES string of the molecule is C=C(C)C(=O)NC(C)OOP(=O)(O)OCC[N+](C)(C)C.